The highest BCUT2D eigenvalue weighted by molar-refractivity contribution is 5.93. The van der Waals surface area contributed by atoms with Crippen LogP contribution in [0.25, 0.3) is 0 Å². The van der Waals surface area contributed by atoms with Gasteiger partial charge in [-0.25, -0.2) is 14.2 Å². The Hall–Kier alpha value is -1.65. The molecule has 1 aromatic rings. The van der Waals surface area contributed by atoms with E-state index in [0.29, 0.717) is 12.5 Å². The molecule has 0 spiro atoms. The molecule has 0 radical (unpaired) electrons. The standard InChI is InChI=1S/C11H15FN2O2/c1-3-7(2)5-13-10-9(11(15)16)4-8(12)6-14-10/h4,6-7H,3,5H2,1-2H3,(H,13,14)(H,15,16). The average molecular weight is 226 g/mol. The van der Waals surface area contributed by atoms with Crippen molar-refractivity contribution >= 4 is 11.8 Å². The summed E-state index contributed by atoms with van der Waals surface area (Å²) in [5.41, 5.74) is -0.136. The van der Waals surface area contributed by atoms with Crippen molar-refractivity contribution < 1.29 is 14.3 Å². The molecule has 0 amide bonds. The first-order chi connectivity index (χ1) is 7.54. The molecule has 1 aromatic heterocycles. The number of nitrogens with one attached hydrogen (secondary N) is 1. The Bertz CT molecular complexity index is 382. The summed E-state index contributed by atoms with van der Waals surface area (Å²) in [4.78, 5) is 14.6. The molecule has 0 aliphatic heterocycles. The van der Waals surface area contributed by atoms with E-state index in [1.165, 1.54) is 0 Å². The number of carboxylic acid groups (broad SMARTS) is 1. The van der Waals surface area contributed by atoms with Gasteiger partial charge in [0.05, 0.1) is 6.20 Å². The van der Waals surface area contributed by atoms with Crippen molar-refractivity contribution in [3.8, 4) is 0 Å². The molecular formula is C11H15FN2O2. The maximum Gasteiger partial charge on any atom is 0.339 e. The van der Waals surface area contributed by atoms with Crippen LogP contribution in [0.1, 0.15) is 30.6 Å². The summed E-state index contributed by atoms with van der Waals surface area (Å²) in [6, 6.07) is 0.967. The largest absolute Gasteiger partial charge is 0.478 e. The minimum Gasteiger partial charge on any atom is -0.478 e. The predicted octanol–water partition coefficient (Wildman–Crippen LogP) is 2.38. The SMILES string of the molecule is CCC(C)CNc1ncc(F)cc1C(=O)O. The van der Waals surface area contributed by atoms with Crippen LogP contribution < -0.4 is 5.32 Å². The van der Waals surface area contributed by atoms with Gasteiger partial charge < -0.3 is 10.4 Å². The Morgan fingerprint density at radius 2 is 2.38 bits per heavy atom. The van der Waals surface area contributed by atoms with Crippen molar-refractivity contribution in [1.82, 2.24) is 4.98 Å². The molecule has 0 aliphatic rings. The molecule has 88 valence electrons. The van der Waals surface area contributed by atoms with Gasteiger partial charge in [-0.15, -0.1) is 0 Å². The zero-order valence-electron chi connectivity index (χ0n) is 9.33. The molecule has 4 nitrogen and oxygen atoms in total. The Kier molecular flexibility index (Phi) is 4.22. The van der Waals surface area contributed by atoms with Crippen molar-refractivity contribution in [3.05, 3.63) is 23.6 Å². The maximum atomic E-state index is 12.8. The average Bonchev–Trinajstić information content (AvgIpc) is 2.26. The van der Waals surface area contributed by atoms with Gasteiger partial charge in [-0.2, -0.15) is 0 Å². The van der Waals surface area contributed by atoms with Crippen LogP contribution in [0, 0.1) is 11.7 Å². The number of aromatic nitrogens is 1. The first-order valence-corrected chi connectivity index (χ1v) is 5.17. The van der Waals surface area contributed by atoms with E-state index in [9.17, 15) is 9.18 Å². The number of anilines is 1. The Morgan fingerprint density at radius 1 is 1.69 bits per heavy atom. The maximum absolute atomic E-state index is 12.8. The Balaban J connectivity index is 2.82. The summed E-state index contributed by atoms with van der Waals surface area (Å²) >= 11 is 0. The van der Waals surface area contributed by atoms with Crippen LogP contribution in [0.5, 0.6) is 0 Å². The lowest BCUT2D eigenvalue weighted by atomic mass is 10.1. The van der Waals surface area contributed by atoms with Gasteiger partial charge in [-0.1, -0.05) is 20.3 Å². The molecule has 0 saturated heterocycles. The Morgan fingerprint density at radius 3 is 2.94 bits per heavy atom. The van der Waals surface area contributed by atoms with E-state index in [2.05, 4.69) is 10.3 Å². The molecule has 0 aliphatic carbocycles. The second-order valence-corrected chi connectivity index (χ2v) is 3.75. The number of aromatic carboxylic acids is 1. The van der Waals surface area contributed by atoms with E-state index in [1.54, 1.807) is 0 Å². The second kappa shape index (κ2) is 5.44. The fourth-order valence-electron chi connectivity index (χ4n) is 1.16. The minimum absolute atomic E-state index is 0.136. The summed E-state index contributed by atoms with van der Waals surface area (Å²) in [7, 11) is 0. The quantitative estimate of drug-likeness (QED) is 0.809. The highest BCUT2D eigenvalue weighted by Gasteiger charge is 2.13. The smallest absolute Gasteiger partial charge is 0.339 e. The summed E-state index contributed by atoms with van der Waals surface area (Å²) in [6.07, 6.45) is 1.99. The Labute approximate surface area is 93.5 Å². The number of rotatable bonds is 5. The molecule has 0 saturated carbocycles. The third-order valence-corrected chi connectivity index (χ3v) is 2.40. The number of pyridine rings is 1. The van der Waals surface area contributed by atoms with Crippen LogP contribution in [0.3, 0.4) is 0 Å². The van der Waals surface area contributed by atoms with Gasteiger partial charge in [0, 0.05) is 6.54 Å². The summed E-state index contributed by atoms with van der Waals surface area (Å²) in [5, 5.41) is 11.8. The molecule has 16 heavy (non-hydrogen) atoms. The van der Waals surface area contributed by atoms with Gasteiger partial charge in [0.1, 0.15) is 17.2 Å². The monoisotopic (exact) mass is 226 g/mol. The molecule has 0 bridgehead atoms. The van der Waals surface area contributed by atoms with Crippen molar-refractivity contribution in [2.75, 3.05) is 11.9 Å². The number of carbonyl (C=O) groups is 1. The zero-order chi connectivity index (χ0) is 12.1. The highest BCUT2D eigenvalue weighted by Crippen LogP contribution is 2.14. The lowest BCUT2D eigenvalue weighted by Crippen LogP contribution is -2.14. The van der Waals surface area contributed by atoms with Gasteiger partial charge in [0.25, 0.3) is 0 Å². The lowest BCUT2D eigenvalue weighted by Gasteiger charge is -2.12. The number of halogens is 1. The van der Waals surface area contributed by atoms with E-state index < -0.39 is 11.8 Å². The van der Waals surface area contributed by atoms with Crippen molar-refractivity contribution in [2.45, 2.75) is 20.3 Å². The molecule has 2 N–H and O–H groups in total. The molecule has 0 aromatic carbocycles. The molecule has 5 heteroatoms. The van der Waals surface area contributed by atoms with Crippen molar-refractivity contribution in [1.29, 1.82) is 0 Å². The number of carboxylic acids is 1. The normalized spacial score (nSPS) is 12.2. The predicted molar refractivity (Wildman–Crippen MR) is 59.1 cm³/mol. The van der Waals surface area contributed by atoms with Gasteiger partial charge in [-0.05, 0) is 12.0 Å². The fourth-order valence-corrected chi connectivity index (χ4v) is 1.16. The van der Waals surface area contributed by atoms with Crippen molar-refractivity contribution in [3.63, 3.8) is 0 Å². The van der Waals surface area contributed by atoms with Crippen LogP contribution in [0.4, 0.5) is 10.2 Å². The van der Waals surface area contributed by atoms with E-state index in [4.69, 9.17) is 5.11 Å². The van der Waals surface area contributed by atoms with E-state index in [-0.39, 0.29) is 11.4 Å². The van der Waals surface area contributed by atoms with Gasteiger partial charge in [0.15, 0.2) is 0 Å². The molecule has 1 atom stereocenters. The van der Waals surface area contributed by atoms with E-state index in [0.717, 1.165) is 18.7 Å². The zero-order valence-corrected chi connectivity index (χ0v) is 9.33. The molecule has 1 rings (SSSR count). The highest BCUT2D eigenvalue weighted by atomic mass is 19.1. The molecular weight excluding hydrogens is 211 g/mol. The summed E-state index contributed by atoms with van der Waals surface area (Å²) in [5.74, 6) is -1.20. The molecule has 1 unspecified atom stereocenters. The second-order valence-electron chi connectivity index (χ2n) is 3.75. The minimum atomic E-state index is -1.18. The van der Waals surface area contributed by atoms with Gasteiger partial charge in [-0.3, -0.25) is 0 Å². The molecule has 1 heterocycles. The van der Waals surface area contributed by atoms with Gasteiger partial charge in [0.2, 0.25) is 0 Å². The van der Waals surface area contributed by atoms with E-state index in [1.807, 2.05) is 13.8 Å². The third-order valence-electron chi connectivity index (χ3n) is 2.40. The van der Waals surface area contributed by atoms with Crippen LogP contribution in [-0.4, -0.2) is 22.6 Å². The number of hydrogen-bond donors (Lipinski definition) is 2. The molecule has 0 fully saturated rings. The topological polar surface area (TPSA) is 62.2 Å². The van der Waals surface area contributed by atoms with E-state index >= 15 is 0 Å². The number of hydrogen-bond acceptors (Lipinski definition) is 3. The third kappa shape index (κ3) is 3.18. The lowest BCUT2D eigenvalue weighted by molar-refractivity contribution is 0.0697. The number of nitrogens with zero attached hydrogens (tertiary/aromatic N) is 1. The first kappa shape index (κ1) is 12.4. The van der Waals surface area contributed by atoms with Crippen molar-refractivity contribution in [2.24, 2.45) is 5.92 Å². The summed E-state index contributed by atoms with van der Waals surface area (Å²) in [6.45, 7) is 4.70. The summed E-state index contributed by atoms with van der Waals surface area (Å²) < 4.78 is 12.8. The van der Waals surface area contributed by atoms with Crippen LogP contribution in [-0.2, 0) is 0 Å². The first-order valence-electron chi connectivity index (χ1n) is 5.17. The van der Waals surface area contributed by atoms with Gasteiger partial charge >= 0.3 is 5.97 Å². The van der Waals surface area contributed by atoms with Crippen LogP contribution in [0.15, 0.2) is 12.3 Å². The van der Waals surface area contributed by atoms with Crippen LogP contribution in [0.2, 0.25) is 0 Å². The fraction of sp³-hybridized carbons (Fsp3) is 0.455. The van der Waals surface area contributed by atoms with Crippen LogP contribution >= 0.6 is 0 Å².